The zero-order valence-corrected chi connectivity index (χ0v) is 17.9. The third-order valence-corrected chi connectivity index (χ3v) is 6.41. The summed E-state index contributed by atoms with van der Waals surface area (Å²) in [7, 11) is 0. The number of piperidine rings is 1. The Hall–Kier alpha value is -3.00. The highest BCUT2D eigenvalue weighted by atomic mass is 16.5. The van der Waals surface area contributed by atoms with Crippen molar-refractivity contribution in [1.29, 1.82) is 0 Å². The van der Waals surface area contributed by atoms with Gasteiger partial charge in [0.2, 0.25) is 5.91 Å². The van der Waals surface area contributed by atoms with Crippen molar-refractivity contribution in [2.24, 2.45) is 5.92 Å². The molecule has 162 valence electrons. The Balaban J connectivity index is 1.17. The normalized spacial score (nSPS) is 18.0. The van der Waals surface area contributed by atoms with E-state index in [2.05, 4.69) is 42.4 Å². The molecule has 2 saturated heterocycles. The summed E-state index contributed by atoms with van der Waals surface area (Å²) in [6, 6.07) is 8.28. The average Bonchev–Trinajstić information content (AvgIpc) is 3.45. The minimum absolute atomic E-state index is 0.00132. The molecule has 0 atom stereocenters. The molecule has 2 aliphatic rings. The van der Waals surface area contributed by atoms with E-state index in [9.17, 15) is 4.79 Å². The lowest BCUT2D eigenvalue weighted by Crippen LogP contribution is -2.38. The highest BCUT2D eigenvalue weighted by molar-refractivity contribution is 5.93. The van der Waals surface area contributed by atoms with Crippen molar-refractivity contribution in [3.05, 3.63) is 41.9 Å². The first-order chi connectivity index (χ1) is 15.2. The number of carbonyl (C=O) groups excluding carboxylic acids is 1. The van der Waals surface area contributed by atoms with Crippen molar-refractivity contribution in [3.63, 3.8) is 0 Å². The van der Waals surface area contributed by atoms with Crippen LogP contribution >= 0.6 is 0 Å². The number of aryl methyl sites for hydroxylation is 1. The predicted molar refractivity (Wildman–Crippen MR) is 119 cm³/mol. The van der Waals surface area contributed by atoms with Crippen LogP contribution in [-0.2, 0) is 11.3 Å². The van der Waals surface area contributed by atoms with Crippen LogP contribution in [0.4, 0.5) is 11.5 Å². The molecule has 0 aliphatic carbocycles. The van der Waals surface area contributed by atoms with Gasteiger partial charge < -0.3 is 14.7 Å². The highest BCUT2D eigenvalue weighted by Crippen LogP contribution is 2.29. The number of aromatic nitrogens is 3. The highest BCUT2D eigenvalue weighted by Gasteiger charge is 2.27. The molecular weight excluding hydrogens is 392 g/mol. The van der Waals surface area contributed by atoms with Crippen LogP contribution in [-0.4, -0.2) is 52.1 Å². The molecule has 0 radical (unpaired) electrons. The number of benzene rings is 1. The largest absolute Gasteiger partial charge is 0.356 e. The maximum absolute atomic E-state index is 12.8. The van der Waals surface area contributed by atoms with Gasteiger partial charge in [-0.3, -0.25) is 9.69 Å². The van der Waals surface area contributed by atoms with E-state index < -0.39 is 0 Å². The summed E-state index contributed by atoms with van der Waals surface area (Å²) >= 11 is 0. The second kappa shape index (κ2) is 8.63. The van der Waals surface area contributed by atoms with Crippen LogP contribution in [0.15, 0.2) is 35.1 Å². The summed E-state index contributed by atoms with van der Waals surface area (Å²) in [5.41, 5.74) is 3.47. The molecule has 0 unspecified atom stereocenters. The minimum atomic E-state index is 0.00132. The van der Waals surface area contributed by atoms with Gasteiger partial charge in [-0.25, -0.2) is 4.98 Å². The van der Waals surface area contributed by atoms with Crippen molar-refractivity contribution in [3.8, 4) is 0 Å². The van der Waals surface area contributed by atoms with Crippen LogP contribution in [0.5, 0.6) is 0 Å². The molecule has 0 bridgehead atoms. The molecule has 8 heteroatoms. The minimum Gasteiger partial charge on any atom is -0.356 e. The third-order valence-electron chi connectivity index (χ3n) is 6.41. The van der Waals surface area contributed by atoms with Gasteiger partial charge in [-0.15, -0.1) is 0 Å². The van der Waals surface area contributed by atoms with Gasteiger partial charge >= 0.3 is 0 Å². The van der Waals surface area contributed by atoms with Gasteiger partial charge in [-0.05, 0) is 63.4 Å². The Morgan fingerprint density at radius 3 is 2.58 bits per heavy atom. The quantitative estimate of drug-likeness (QED) is 0.677. The van der Waals surface area contributed by atoms with Gasteiger partial charge in [0.1, 0.15) is 17.5 Å². The van der Waals surface area contributed by atoms with Crippen molar-refractivity contribution in [1.82, 2.24) is 20.0 Å². The SMILES string of the molecule is Cc1noc2ncnc(N3CCC(C(=O)Nc4ccc(CN5CCCC5)cc4)CC3)c12. The Morgan fingerprint density at radius 1 is 1.10 bits per heavy atom. The summed E-state index contributed by atoms with van der Waals surface area (Å²) < 4.78 is 5.26. The first-order valence-electron chi connectivity index (χ1n) is 11.1. The second-order valence-electron chi connectivity index (χ2n) is 8.58. The Morgan fingerprint density at radius 2 is 1.84 bits per heavy atom. The molecule has 1 N–H and O–H groups in total. The van der Waals surface area contributed by atoms with E-state index in [0.717, 1.165) is 55.1 Å². The van der Waals surface area contributed by atoms with Crippen LogP contribution < -0.4 is 10.2 Å². The average molecular weight is 421 g/mol. The molecule has 4 heterocycles. The standard InChI is InChI=1S/C23H28N6O2/c1-16-20-21(24-15-25-23(20)31-27-16)29-12-8-18(9-13-29)22(30)26-19-6-4-17(5-7-19)14-28-10-2-3-11-28/h4-7,15,18H,2-3,8-14H2,1H3,(H,26,30). The van der Waals surface area contributed by atoms with Gasteiger partial charge in [0, 0.05) is 31.2 Å². The number of hydrogen-bond donors (Lipinski definition) is 1. The maximum atomic E-state index is 12.8. The summed E-state index contributed by atoms with van der Waals surface area (Å²) in [6.07, 6.45) is 5.68. The Labute approximate surface area is 181 Å². The number of hydrogen-bond acceptors (Lipinski definition) is 7. The fourth-order valence-electron chi connectivity index (χ4n) is 4.63. The van der Waals surface area contributed by atoms with Gasteiger partial charge in [0.15, 0.2) is 0 Å². The molecule has 31 heavy (non-hydrogen) atoms. The number of nitrogens with zero attached hydrogens (tertiary/aromatic N) is 5. The lowest BCUT2D eigenvalue weighted by atomic mass is 9.95. The first-order valence-corrected chi connectivity index (χ1v) is 11.1. The van der Waals surface area contributed by atoms with E-state index >= 15 is 0 Å². The second-order valence-corrected chi connectivity index (χ2v) is 8.58. The van der Waals surface area contributed by atoms with E-state index in [1.54, 1.807) is 0 Å². The molecule has 8 nitrogen and oxygen atoms in total. The summed E-state index contributed by atoms with van der Waals surface area (Å²) in [5, 5.41) is 7.97. The van der Waals surface area contributed by atoms with E-state index in [0.29, 0.717) is 5.71 Å². The number of anilines is 2. The third kappa shape index (κ3) is 4.25. The number of rotatable bonds is 5. The van der Waals surface area contributed by atoms with Crippen molar-refractivity contribution >= 4 is 28.5 Å². The lowest BCUT2D eigenvalue weighted by molar-refractivity contribution is -0.120. The molecule has 3 aromatic rings. The number of likely N-dealkylation sites (tertiary alicyclic amines) is 1. The number of amides is 1. The van der Waals surface area contributed by atoms with E-state index in [1.807, 2.05) is 19.1 Å². The fraction of sp³-hybridized carbons (Fsp3) is 0.478. The molecule has 2 fully saturated rings. The van der Waals surface area contributed by atoms with Crippen LogP contribution in [0.25, 0.3) is 11.1 Å². The topological polar surface area (TPSA) is 87.4 Å². The number of carbonyl (C=O) groups is 1. The Bertz CT molecular complexity index is 1050. The zero-order valence-electron chi connectivity index (χ0n) is 17.9. The van der Waals surface area contributed by atoms with E-state index in [4.69, 9.17) is 4.52 Å². The summed E-state index contributed by atoms with van der Waals surface area (Å²) in [4.78, 5) is 26.1. The molecular formula is C23H28N6O2. The molecule has 1 aromatic carbocycles. The van der Waals surface area contributed by atoms with Gasteiger partial charge in [0.25, 0.3) is 5.71 Å². The maximum Gasteiger partial charge on any atom is 0.263 e. The first kappa shape index (κ1) is 19.9. The molecule has 5 rings (SSSR count). The molecule has 0 spiro atoms. The molecule has 1 amide bonds. The van der Waals surface area contributed by atoms with Gasteiger partial charge in [-0.1, -0.05) is 17.3 Å². The zero-order chi connectivity index (χ0) is 21.2. The lowest BCUT2D eigenvalue weighted by Gasteiger charge is -2.32. The molecule has 2 aliphatic heterocycles. The van der Waals surface area contributed by atoms with Crippen LogP contribution in [0.1, 0.15) is 36.9 Å². The number of nitrogens with one attached hydrogen (secondary N) is 1. The van der Waals surface area contributed by atoms with Gasteiger partial charge in [-0.2, -0.15) is 4.98 Å². The van der Waals surface area contributed by atoms with Crippen LogP contribution in [0.3, 0.4) is 0 Å². The van der Waals surface area contributed by atoms with Crippen LogP contribution in [0, 0.1) is 12.8 Å². The van der Waals surface area contributed by atoms with E-state index in [-0.39, 0.29) is 11.8 Å². The number of fused-ring (bicyclic) bond motifs is 1. The summed E-state index contributed by atoms with van der Waals surface area (Å²) in [6.45, 7) is 6.81. The van der Waals surface area contributed by atoms with E-state index in [1.165, 1.54) is 37.8 Å². The summed E-state index contributed by atoms with van der Waals surface area (Å²) in [5.74, 6) is 0.943. The van der Waals surface area contributed by atoms with Gasteiger partial charge in [0.05, 0.1) is 5.69 Å². The van der Waals surface area contributed by atoms with Crippen molar-refractivity contribution in [2.75, 3.05) is 36.4 Å². The molecule has 0 saturated carbocycles. The monoisotopic (exact) mass is 420 g/mol. The fourth-order valence-corrected chi connectivity index (χ4v) is 4.63. The predicted octanol–water partition coefficient (Wildman–Crippen LogP) is 3.38. The van der Waals surface area contributed by atoms with Crippen LogP contribution in [0.2, 0.25) is 0 Å². The molecule has 2 aromatic heterocycles. The van der Waals surface area contributed by atoms with Crippen molar-refractivity contribution in [2.45, 2.75) is 39.2 Å². The Kier molecular flexibility index (Phi) is 5.55. The van der Waals surface area contributed by atoms with Crippen molar-refractivity contribution < 1.29 is 9.32 Å². The smallest absolute Gasteiger partial charge is 0.263 e.